The lowest BCUT2D eigenvalue weighted by Gasteiger charge is -2.51. The van der Waals surface area contributed by atoms with Crippen LogP contribution in [0.2, 0.25) is 0 Å². The van der Waals surface area contributed by atoms with E-state index >= 15 is 0 Å². The highest BCUT2D eigenvalue weighted by Gasteiger charge is 2.49. The van der Waals surface area contributed by atoms with E-state index in [1.807, 2.05) is 0 Å². The predicted octanol–water partition coefficient (Wildman–Crippen LogP) is 3.21. The molecule has 1 aromatic carbocycles. The molecule has 2 aliphatic heterocycles. The normalized spacial score (nSPS) is 24.0. The number of nitrogens with one attached hydrogen (secondary N) is 1. The van der Waals surface area contributed by atoms with Crippen LogP contribution in [-0.2, 0) is 5.41 Å². The first kappa shape index (κ1) is 10.8. The maximum atomic E-state index is 3.45. The van der Waals surface area contributed by atoms with E-state index in [0.717, 1.165) is 6.54 Å². The van der Waals surface area contributed by atoms with Crippen molar-refractivity contribution in [3.63, 3.8) is 0 Å². The number of allylic oxidation sites excluding steroid dienone is 1. The second-order valence-corrected chi connectivity index (χ2v) is 6.05. The van der Waals surface area contributed by atoms with Gasteiger partial charge in [-0.2, -0.15) is 0 Å². The van der Waals surface area contributed by atoms with E-state index in [1.54, 1.807) is 0 Å². The average Bonchev–Trinajstić information content (AvgIpc) is 2.77. The van der Waals surface area contributed by atoms with E-state index in [1.165, 1.54) is 16.9 Å². The van der Waals surface area contributed by atoms with Crippen molar-refractivity contribution in [3.05, 3.63) is 41.6 Å². The van der Waals surface area contributed by atoms with Crippen molar-refractivity contribution in [1.29, 1.82) is 0 Å². The number of nitrogens with zero attached hydrogens (tertiary/aromatic N) is 1. The van der Waals surface area contributed by atoms with Gasteiger partial charge in [0.1, 0.15) is 0 Å². The van der Waals surface area contributed by atoms with Crippen LogP contribution in [0.5, 0.6) is 0 Å². The van der Waals surface area contributed by atoms with Gasteiger partial charge in [-0.1, -0.05) is 45.9 Å². The largest absolute Gasteiger partial charge is 0.280 e. The Kier molecular flexibility index (Phi) is 2.00. The Balaban J connectivity index is 2.30. The topological polar surface area (TPSA) is 15.3 Å². The third-order valence-corrected chi connectivity index (χ3v) is 4.81. The number of rotatable bonds is 0. The smallest absolute Gasteiger partial charge is 0.0611 e. The zero-order chi connectivity index (χ0) is 12.3. The van der Waals surface area contributed by atoms with Crippen molar-refractivity contribution in [2.45, 2.75) is 33.1 Å². The third-order valence-electron chi connectivity index (χ3n) is 4.81. The molecule has 17 heavy (non-hydrogen) atoms. The summed E-state index contributed by atoms with van der Waals surface area (Å²) in [5, 5.41) is 2.26. The van der Waals surface area contributed by atoms with Crippen LogP contribution < -0.4 is 10.4 Å². The number of hydrazine groups is 1. The van der Waals surface area contributed by atoms with Gasteiger partial charge < -0.3 is 0 Å². The summed E-state index contributed by atoms with van der Waals surface area (Å²) in [6.07, 6.45) is 2.32. The fraction of sp³-hybridized carbons (Fsp3) is 0.467. The van der Waals surface area contributed by atoms with Crippen molar-refractivity contribution in [3.8, 4) is 0 Å². The van der Waals surface area contributed by atoms with Gasteiger partial charge in [0.25, 0.3) is 0 Å². The molecular formula is C15H20N2. The van der Waals surface area contributed by atoms with Crippen molar-refractivity contribution in [2.24, 2.45) is 5.41 Å². The van der Waals surface area contributed by atoms with E-state index in [9.17, 15) is 0 Å². The van der Waals surface area contributed by atoms with E-state index in [2.05, 4.69) is 68.5 Å². The van der Waals surface area contributed by atoms with Crippen LogP contribution in [-0.4, -0.2) is 6.54 Å². The van der Waals surface area contributed by atoms with Gasteiger partial charge in [0.05, 0.1) is 5.69 Å². The predicted molar refractivity (Wildman–Crippen MR) is 71.8 cm³/mol. The highest BCUT2D eigenvalue weighted by atomic mass is 15.5. The minimum atomic E-state index is 0.144. The molecule has 2 nitrogen and oxygen atoms in total. The highest BCUT2D eigenvalue weighted by molar-refractivity contribution is 5.66. The molecule has 0 bridgehead atoms. The van der Waals surface area contributed by atoms with Crippen molar-refractivity contribution >= 4 is 5.69 Å². The van der Waals surface area contributed by atoms with E-state index in [-0.39, 0.29) is 10.8 Å². The molecule has 0 unspecified atom stereocenters. The lowest BCUT2D eigenvalue weighted by molar-refractivity contribution is 0.232. The summed E-state index contributed by atoms with van der Waals surface area (Å²) in [6.45, 7) is 10.3. The van der Waals surface area contributed by atoms with Crippen LogP contribution in [0.3, 0.4) is 0 Å². The monoisotopic (exact) mass is 228 g/mol. The Hall–Kier alpha value is -1.28. The lowest BCUT2D eigenvalue weighted by Crippen LogP contribution is -2.50. The second-order valence-electron chi connectivity index (χ2n) is 6.05. The molecule has 3 rings (SSSR count). The molecule has 0 atom stereocenters. The molecule has 0 radical (unpaired) electrons. The molecule has 1 aromatic rings. The average molecular weight is 228 g/mol. The molecule has 2 heteroatoms. The molecule has 0 aromatic heterocycles. The number of hydrogen-bond acceptors (Lipinski definition) is 2. The minimum Gasteiger partial charge on any atom is -0.280 e. The van der Waals surface area contributed by atoms with Crippen LogP contribution in [0, 0.1) is 5.41 Å². The van der Waals surface area contributed by atoms with Crippen molar-refractivity contribution in [2.75, 3.05) is 11.6 Å². The standard InChI is InChI=1S/C15H20N2/c1-14(2)11-7-5-6-8-12(11)17-13(9-10-16-17)15(14,3)4/h5-9,16H,10H2,1-4H3. The van der Waals surface area contributed by atoms with E-state index in [4.69, 9.17) is 0 Å². The van der Waals surface area contributed by atoms with Crippen molar-refractivity contribution < 1.29 is 0 Å². The van der Waals surface area contributed by atoms with Crippen LogP contribution in [0.4, 0.5) is 5.69 Å². The molecule has 2 aliphatic rings. The third kappa shape index (κ3) is 1.19. The van der Waals surface area contributed by atoms with Crippen LogP contribution in [0.15, 0.2) is 36.0 Å². The van der Waals surface area contributed by atoms with Gasteiger partial charge in [-0.25, -0.2) is 5.43 Å². The summed E-state index contributed by atoms with van der Waals surface area (Å²) in [6, 6.07) is 8.72. The summed E-state index contributed by atoms with van der Waals surface area (Å²) in [7, 11) is 0. The Morgan fingerprint density at radius 3 is 2.53 bits per heavy atom. The van der Waals surface area contributed by atoms with Crippen molar-refractivity contribution in [1.82, 2.24) is 5.43 Å². The van der Waals surface area contributed by atoms with Crippen LogP contribution >= 0.6 is 0 Å². The molecular weight excluding hydrogens is 208 g/mol. The molecule has 0 aliphatic carbocycles. The Morgan fingerprint density at radius 2 is 1.76 bits per heavy atom. The first-order chi connectivity index (χ1) is 7.96. The van der Waals surface area contributed by atoms with Gasteiger partial charge in [0.2, 0.25) is 0 Å². The van der Waals surface area contributed by atoms with Gasteiger partial charge in [-0.05, 0) is 17.7 Å². The molecule has 0 fully saturated rings. The van der Waals surface area contributed by atoms with Gasteiger partial charge in [-0.3, -0.25) is 5.01 Å². The summed E-state index contributed by atoms with van der Waals surface area (Å²) in [5.74, 6) is 0. The Labute approximate surface area is 103 Å². The molecule has 2 heterocycles. The molecule has 0 amide bonds. The Morgan fingerprint density at radius 1 is 1.06 bits per heavy atom. The van der Waals surface area contributed by atoms with Gasteiger partial charge in [0, 0.05) is 23.1 Å². The highest BCUT2D eigenvalue weighted by Crippen LogP contribution is 2.55. The summed E-state index contributed by atoms with van der Waals surface area (Å²) < 4.78 is 0. The quantitative estimate of drug-likeness (QED) is 0.733. The zero-order valence-electron chi connectivity index (χ0n) is 11.0. The fourth-order valence-electron chi connectivity index (χ4n) is 3.01. The van der Waals surface area contributed by atoms with E-state index in [0.29, 0.717) is 0 Å². The van der Waals surface area contributed by atoms with E-state index < -0.39 is 0 Å². The van der Waals surface area contributed by atoms with Gasteiger partial charge in [-0.15, -0.1) is 0 Å². The molecule has 0 spiro atoms. The maximum absolute atomic E-state index is 3.45. The number of para-hydroxylation sites is 1. The number of fused-ring (bicyclic) bond motifs is 3. The molecule has 0 saturated carbocycles. The zero-order valence-corrected chi connectivity index (χ0v) is 11.0. The summed E-state index contributed by atoms with van der Waals surface area (Å²) in [4.78, 5) is 0. The molecule has 1 N–H and O–H groups in total. The second kappa shape index (κ2) is 3.14. The molecule has 0 saturated heterocycles. The first-order valence-electron chi connectivity index (χ1n) is 6.30. The molecule has 90 valence electrons. The number of hydrogen-bond donors (Lipinski definition) is 1. The number of benzene rings is 1. The SMILES string of the molecule is CC1(C)C2=CCNN2c2ccccc2C1(C)C. The Bertz CT molecular complexity index is 497. The summed E-state index contributed by atoms with van der Waals surface area (Å²) >= 11 is 0. The van der Waals surface area contributed by atoms with Gasteiger partial charge >= 0.3 is 0 Å². The van der Waals surface area contributed by atoms with Crippen LogP contribution in [0.1, 0.15) is 33.3 Å². The fourth-order valence-corrected chi connectivity index (χ4v) is 3.01. The minimum absolute atomic E-state index is 0.144. The maximum Gasteiger partial charge on any atom is 0.0611 e. The lowest BCUT2D eigenvalue weighted by atomic mass is 9.60. The number of anilines is 1. The first-order valence-corrected chi connectivity index (χ1v) is 6.30. The summed E-state index contributed by atoms with van der Waals surface area (Å²) in [5.41, 5.74) is 7.88. The van der Waals surface area contributed by atoms with Crippen LogP contribution in [0.25, 0.3) is 0 Å². The van der Waals surface area contributed by atoms with Gasteiger partial charge in [0.15, 0.2) is 0 Å².